The van der Waals surface area contributed by atoms with E-state index in [1.54, 1.807) is 0 Å². The van der Waals surface area contributed by atoms with Crippen LogP contribution in [0.2, 0.25) is 0 Å². The number of benzene rings is 8. The second kappa shape index (κ2) is 11.8. The molecule has 8 aromatic carbocycles. The Bertz CT molecular complexity index is 2480. The maximum absolute atomic E-state index is 6.99. The van der Waals surface area contributed by atoms with Crippen LogP contribution in [-0.2, 0) is 0 Å². The minimum absolute atomic E-state index is 0.895. The van der Waals surface area contributed by atoms with Crippen LogP contribution in [0.3, 0.4) is 0 Å². The molecule has 0 bridgehead atoms. The van der Waals surface area contributed by atoms with Crippen molar-refractivity contribution in [2.24, 2.45) is 0 Å². The summed E-state index contributed by atoms with van der Waals surface area (Å²) in [6, 6.07) is 66.5. The first kappa shape index (κ1) is 27.9. The zero-order chi connectivity index (χ0) is 31.9. The molecule has 0 aliphatic carbocycles. The minimum Gasteiger partial charge on any atom is -0.455 e. The van der Waals surface area contributed by atoms with E-state index >= 15 is 0 Å². The first-order valence-corrected chi connectivity index (χ1v) is 16.4. The van der Waals surface area contributed by atoms with Crippen LogP contribution in [0.25, 0.3) is 66.1 Å². The molecule has 0 saturated heterocycles. The van der Waals surface area contributed by atoms with E-state index < -0.39 is 0 Å². The molecule has 0 N–H and O–H groups in total. The molecular weight excluding hydrogens is 583 g/mol. The minimum atomic E-state index is 0.895. The normalized spacial score (nSPS) is 11.3. The SMILES string of the molecule is c1ccc(-c2oc3c4cc(-c5ccc(N(c6ccccc6)c6ccccc6)cc5)ccc4c4ccccc4c3c2-c2ccccc2)cc1. The maximum atomic E-state index is 6.99. The molecule has 1 heterocycles. The molecule has 9 rings (SSSR count). The van der Waals surface area contributed by atoms with Crippen LogP contribution < -0.4 is 4.90 Å². The van der Waals surface area contributed by atoms with Gasteiger partial charge in [-0.3, -0.25) is 0 Å². The zero-order valence-electron chi connectivity index (χ0n) is 26.3. The standard InChI is InChI=1S/C46H31NO/c1-5-15-33(16-6-1)43-44-41-24-14-13-23-39(41)40-30-27-35(31-42(40)46(44)48-45(43)34-17-7-2-8-18-34)32-25-28-38(29-26-32)47(36-19-9-3-10-20-36)37-21-11-4-12-22-37/h1-31H. The number of rotatable bonds is 6. The predicted octanol–water partition coefficient (Wildman–Crippen LogP) is 13.2. The first-order chi connectivity index (χ1) is 23.8. The Morgan fingerprint density at radius 3 is 1.44 bits per heavy atom. The molecule has 48 heavy (non-hydrogen) atoms. The molecule has 226 valence electrons. The average Bonchev–Trinajstić information content (AvgIpc) is 3.58. The summed E-state index contributed by atoms with van der Waals surface area (Å²) in [6.45, 7) is 0. The molecule has 1 aromatic heterocycles. The monoisotopic (exact) mass is 613 g/mol. The molecule has 0 saturated carbocycles. The summed E-state index contributed by atoms with van der Waals surface area (Å²) >= 11 is 0. The lowest BCUT2D eigenvalue weighted by Crippen LogP contribution is -2.09. The van der Waals surface area contributed by atoms with Gasteiger partial charge < -0.3 is 9.32 Å². The number of anilines is 3. The Morgan fingerprint density at radius 2 is 0.812 bits per heavy atom. The summed E-state index contributed by atoms with van der Waals surface area (Å²) in [7, 11) is 0. The molecule has 0 aliphatic rings. The van der Waals surface area contributed by atoms with E-state index in [0.717, 1.165) is 67.0 Å². The third kappa shape index (κ3) is 4.74. The highest BCUT2D eigenvalue weighted by Crippen LogP contribution is 2.48. The molecule has 9 aromatic rings. The first-order valence-electron chi connectivity index (χ1n) is 16.4. The lowest BCUT2D eigenvalue weighted by molar-refractivity contribution is 0.636. The van der Waals surface area contributed by atoms with Gasteiger partial charge in [-0.15, -0.1) is 0 Å². The molecule has 2 nitrogen and oxygen atoms in total. The van der Waals surface area contributed by atoms with Gasteiger partial charge in [0.2, 0.25) is 0 Å². The molecule has 0 radical (unpaired) electrons. The van der Waals surface area contributed by atoms with Crippen LogP contribution in [0.15, 0.2) is 192 Å². The van der Waals surface area contributed by atoms with E-state index in [2.05, 4.69) is 193 Å². The number of furan rings is 1. The van der Waals surface area contributed by atoms with E-state index in [9.17, 15) is 0 Å². The Kier molecular flexibility index (Phi) is 6.84. The fourth-order valence-corrected chi connectivity index (χ4v) is 7.04. The lowest BCUT2D eigenvalue weighted by Gasteiger charge is -2.25. The van der Waals surface area contributed by atoms with Crippen molar-refractivity contribution in [3.05, 3.63) is 188 Å². The van der Waals surface area contributed by atoms with Crippen LogP contribution in [0, 0.1) is 0 Å². The van der Waals surface area contributed by atoms with Gasteiger partial charge in [0.25, 0.3) is 0 Å². The summed E-state index contributed by atoms with van der Waals surface area (Å²) in [6.07, 6.45) is 0. The lowest BCUT2D eigenvalue weighted by atomic mass is 9.91. The Morgan fingerprint density at radius 1 is 0.333 bits per heavy atom. The van der Waals surface area contributed by atoms with Crippen LogP contribution >= 0.6 is 0 Å². The Hall–Kier alpha value is -6.38. The summed E-state index contributed by atoms with van der Waals surface area (Å²) in [5.41, 5.74) is 9.92. The van der Waals surface area contributed by atoms with E-state index in [1.807, 2.05) is 0 Å². The van der Waals surface area contributed by atoms with Gasteiger partial charge in [-0.05, 0) is 75.3 Å². The fourth-order valence-electron chi connectivity index (χ4n) is 7.04. The molecule has 2 heteroatoms. The number of hydrogen-bond donors (Lipinski definition) is 0. The molecule has 0 spiro atoms. The van der Waals surface area contributed by atoms with Crippen molar-refractivity contribution in [3.63, 3.8) is 0 Å². The van der Waals surface area contributed by atoms with E-state index in [4.69, 9.17) is 4.42 Å². The van der Waals surface area contributed by atoms with Crippen LogP contribution in [-0.4, -0.2) is 0 Å². The molecule has 0 fully saturated rings. The van der Waals surface area contributed by atoms with Crippen molar-refractivity contribution in [2.45, 2.75) is 0 Å². The molecular formula is C46H31NO. The van der Waals surface area contributed by atoms with Gasteiger partial charge in [0.05, 0.1) is 0 Å². The molecule has 0 amide bonds. The van der Waals surface area contributed by atoms with E-state index in [0.29, 0.717) is 0 Å². The number of nitrogens with zero attached hydrogens (tertiary/aromatic N) is 1. The molecule has 0 atom stereocenters. The summed E-state index contributed by atoms with van der Waals surface area (Å²) < 4.78 is 6.99. The van der Waals surface area contributed by atoms with Crippen LogP contribution in [0.5, 0.6) is 0 Å². The Labute approximate surface area is 279 Å². The third-order valence-corrected chi connectivity index (χ3v) is 9.25. The predicted molar refractivity (Wildman–Crippen MR) is 202 cm³/mol. The van der Waals surface area contributed by atoms with Gasteiger partial charge in [-0.2, -0.15) is 0 Å². The topological polar surface area (TPSA) is 16.4 Å². The molecule has 0 aliphatic heterocycles. The van der Waals surface area contributed by atoms with Crippen molar-refractivity contribution >= 4 is 49.6 Å². The van der Waals surface area contributed by atoms with Gasteiger partial charge in [-0.1, -0.05) is 146 Å². The summed E-state index contributed by atoms with van der Waals surface area (Å²) in [5.74, 6) is 0.895. The van der Waals surface area contributed by atoms with Gasteiger partial charge >= 0.3 is 0 Å². The van der Waals surface area contributed by atoms with Crippen LogP contribution in [0.1, 0.15) is 0 Å². The van der Waals surface area contributed by atoms with Crippen molar-refractivity contribution < 1.29 is 4.42 Å². The van der Waals surface area contributed by atoms with Gasteiger partial charge in [-0.25, -0.2) is 0 Å². The quantitative estimate of drug-likeness (QED) is 0.174. The van der Waals surface area contributed by atoms with Crippen molar-refractivity contribution in [2.75, 3.05) is 4.90 Å². The van der Waals surface area contributed by atoms with E-state index in [1.165, 1.54) is 16.2 Å². The maximum Gasteiger partial charge on any atom is 0.143 e. The van der Waals surface area contributed by atoms with Crippen LogP contribution in [0.4, 0.5) is 17.1 Å². The van der Waals surface area contributed by atoms with Crippen molar-refractivity contribution in [1.29, 1.82) is 0 Å². The second-order valence-corrected chi connectivity index (χ2v) is 12.1. The number of fused-ring (bicyclic) bond motifs is 6. The van der Waals surface area contributed by atoms with Crippen molar-refractivity contribution in [1.82, 2.24) is 0 Å². The number of hydrogen-bond acceptors (Lipinski definition) is 2. The average molecular weight is 614 g/mol. The van der Waals surface area contributed by atoms with Gasteiger partial charge in [0.1, 0.15) is 11.3 Å². The highest BCUT2D eigenvalue weighted by atomic mass is 16.3. The van der Waals surface area contributed by atoms with Gasteiger partial charge in [0.15, 0.2) is 0 Å². The molecule has 0 unspecified atom stereocenters. The third-order valence-electron chi connectivity index (χ3n) is 9.25. The highest BCUT2D eigenvalue weighted by Gasteiger charge is 2.23. The highest BCUT2D eigenvalue weighted by molar-refractivity contribution is 6.28. The van der Waals surface area contributed by atoms with E-state index in [-0.39, 0.29) is 0 Å². The fraction of sp³-hybridized carbons (Fsp3) is 0. The largest absolute Gasteiger partial charge is 0.455 e. The Balaban J connectivity index is 1.24. The smallest absolute Gasteiger partial charge is 0.143 e. The number of para-hydroxylation sites is 2. The van der Waals surface area contributed by atoms with Gasteiger partial charge in [0, 0.05) is 39.0 Å². The zero-order valence-corrected chi connectivity index (χ0v) is 26.3. The van der Waals surface area contributed by atoms with Crippen molar-refractivity contribution in [3.8, 4) is 33.6 Å². The summed E-state index contributed by atoms with van der Waals surface area (Å²) in [4.78, 5) is 2.29. The summed E-state index contributed by atoms with van der Waals surface area (Å²) in [5, 5.41) is 5.87. The second-order valence-electron chi connectivity index (χ2n) is 12.1.